The number of nitrogens with one attached hydrogen (secondary N) is 2. The van der Waals surface area contributed by atoms with Gasteiger partial charge in [-0.1, -0.05) is 41.5 Å². The van der Waals surface area contributed by atoms with Crippen LogP contribution in [0.5, 0.6) is 0 Å². The number of hydrogen-bond acceptors (Lipinski definition) is 4. The lowest BCUT2D eigenvalue weighted by Crippen LogP contribution is -2.35. The largest absolute Gasteiger partial charge is 0.379 e. The van der Waals surface area contributed by atoms with Crippen molar-refractivity contribution in [1.82, 2.24) is 9.61 Å². The monoisotopic (exact) mass is 385 g/mol. The zero-order valence-electron chi connectivity index (χ0n) is 17.6. The fraction of sp³-hybridized carbons (Fsp3) is 0.571. The highest BCUT2D eigenvalue weighted by Gasteiger charge is 2.41. The molecule has 0 spiro atoms. The molecule has 0 aromatic carbocycles. The van der Waals surface area contributed by atoms with E-state index < -0.39 is 11.3 Å². The van der Waals surface area contributed by atoms with E-state index in [1.165, 1.54) is 6.20 Å². The summed E-state index contributed by atoms with van der Waals surface area (Å²) >= 11 is 0. The van der Waals surface area contributed by atoms with E-state index in [1.807, 2.05) is 26.8 Å². The molecule has 152 valence electrons. The first-order valence-electron chi connectivity index (χ1n) is 9.80. The lowest BCUT2D eigenvalue weighted by Gasteiger charge is -2.33. The first kappa shape index (κ1) is 20.2. The van der Waals surface area contributed by atoms with Crippen LogP contribution in [0.15, 0.2) is 18.5 Å². The lowest BCUT2D eigenvalue weighted by atomic mass is 9.80. The molecule has 2 aromatic rings. The zero-order valence-corrected chi connectivity index (χ0v) is 17.6. The molecule has 0 radical (unpaired) electrons. The third-order valence-electron chi connectivity index (χ3n) is 6.22. The van der Waals surface area contributed by atoms with Gasteiger partial charge in [-0.25, -0.2) is 4.52 Å². The van der Waals surface area contributed by atoms with Crippen LogP contribution >= 0.6 is 0 Å². The van der Waals surface area contributed by atoms with Gasteiger partial charge in [0.2, 0.25) is 5.91 Å². The van der Waals surface area contributed by atoms with Crippen LogP contribution in [-0.2, 0) is 4.79 Å². The van der Waals surface area contributed by atoms with Crippen molar-refractivity contribution in [2.45, 2.75) is 60.4 Å². The van der Waals surface area contributed by atoms with E-state index in [0.29, 0.717) is 22.9 Å². The van der Waals surface area contributed by atoms with Crippen LogP contribution in [0, 0.1) is 16.7 Å². The number of carbonyl (C=O) groups is 2. The predicted molar refractivity (Wildman–Crippen MR) is 111 cm³/mol. The van der Waals surface area contributed by atoms with Crippen molar-refractivity contribution >= 4 is 28.7 Å². The fourth-order valence-corrected chi connectivity index (χ4v) is 3.72. The molecule has 28 heavy (non-hydrogen) atoms. The van der Waals surface area contributed by atoms with E-state index >= 15 is 0 Å². The molecular formula is C21H31N5O2. The average molecular weight is 386 g/mol. The number of fused-ring (bicyclic) bond motifs is 1. The van der Waals surface area contributed by atoms with E-state index in [4.69, 9.17) is 5.73 Å². The third kappa shape index (κ3) is 3.57. The Kier molecular flexibility index (Phi) is 4.89. The van der Waals surface area contributed by atoms with Crippen molar-refractivity contribution in [3.63, 3.8) is 0 Å². The summed E-state index contributed by atoms with van der Waals surface area (Å²) in [5, 5.41) is 10.8. The summed E-state index contributed by atoms with van der Waals surface area (Å²) in [6.45, 7) is 12.3. The van der Waals surface area contributed by atoms with E-state index in [9.17, 15) is 9.59 Å². The van der Waals surface area contributed by atoms with Gasteiger partial charge < -0.3 is 16.4 Å². The van der Waals surface area contributed by atoms with Crippen molar-refractivity contribution in [3.05, 3.63) is 24.0 Å². The highest BCUT2D eigenvalue weighted by molar-refractivity contribution is 6.03. The van der Waals surface area contributed by atoms with Crippen molar-refractivity contribution < 1.29 is 9.59 Å². The van der Waals surface area contributed by atoms with Gasteiger partial charge in [0, 0.05) is 11.5 Å². The van der Waals surface area contributed by atoms with Gasteiger partial charge >= 0.3 is 0 Å². The van der Waals surface area contributed by atoms with Gasteiger partial charge in [0.05, 0.1) is 34.8 Å². The van der Waals surface area contributed by atoms with Crippen molar-refractivity contribution in [1.29, 1.82) is 0 Å². The Hall–Kier alpha value is -2.57. The molecule has 2 amide bonds. The molecule has 0 aliphatic heterocycles. The molecule has 1 aliphatic carbocycles. The standard InChI is InChI=1S/C21H31N5O2/c1-12-7-8-16(21(12,5)6)25-17-14(18(22)27)10-23-26-11-13(9-15(17)26)24-19(28)20(2,3)4/h9-12,16,25H,7-8H2,1-6H3,(H2,22,27)(H,24,28). The van der Waals surface area contributed by atoms with Crippen LogP contribution < -0.4 is 16.4 Å². The third-order valence-corrected chi connectivity index (χ3v) is 6.22. The maximum atomic E-state index is 12.3. The molecule has 7 nitrogen and oxygen atoms in total. The molecule has 2 atom stereocenters. The Morgan fingerprint density at radius 3 is 2.50 bits per heavy atom. The number of rotatable bonds is 4. The molecule has 2 unspecified atom stereocenters. The average Bonchev–Trinajstić information content (AvgIpc) is 3.09. The number of amides is 2. The maximum Gasteiger partial charge on any atom is 0.252 e. The van der Waals surface area contributed by atoms with Gasteiger partial charge in [-0.2, -0.15) is 5.10 Å². The molecule has 1 saturated carbocycles. The molecule has 2 aromatic heterocycles. The van der Waals surface area contributed by atoms with Gasteiger partial charge in [0.25, 0.3) is 5.91 Å². The van der Waals surface area contributed by atoms with Gasteiger partial charge in [-0.15, -0.1) is 0 Å². The molecule has 1 aliphatic rings. The molecule has 4 N–H and O–H groups in total. The quantitative estimate of drug-likeness (QED) is 0.747. The molecule has 1 fully saturated rings. The van der Waals surface area contributed by atoms with E-state index in [2.05, 4.69) is 36.5 Å². The Balaban J connectivity index is 2.02. The molecule has 7 heteroatoms. The highest BCUT2D eigenvalue weighted by Crippen LogP contribution is 2.44. The summed E-state index contributed by atoms with van der Waals surface area (Å²) in [7, 11) is 0. The summed E-state index contributed by atoms with van der Waals surface area (Å²) in [4.78, 5) is 24.4. The van der Waals surface area contributed by atoms with Crippen molar-refractivity contribution in [2.75, 3.05) is 10.6 Å². The van der Waals surface area contributed by atoms with Crippen molar-refractivity contribution in [2.24, 2.45) is 22.5 Å². The van der Waals surface area contributed by atoms with Gasteiger partial charge in [-0.3, -0.25) is 9.59 Å². The smallest absolute Gasteiger partial charge is 0.252 e. The Morgan fingerprint density at radius 1 is 1.29 bits per heavy atom. The minimum absolute atomic E-state index is 0.0845. The summed E-state index contributed by atoms with van der Waals surface area (Å²) in [5.74, 6) is -0.0325. The van der Waals surface area contributed by atoms with Crippen molar-refractivity contribution in [3.8, 4) is 0 Å². The molecule has 0 saturated heterocycles. The summed E-state index contributed by atoms with van der Waals surface area (Å²) in [5.41, 5.74) is 7.58. The normalized spacial score (nSPS) is 21.6. The van der Waals surface area contributed by atoms with Crippen LogP contribution in [0.25, 0.3) is 5.52 Å². The van der Waals surface area contributed by atoms with E-state index in [-0.39, 0.29) is 17.4 Å². The van der Waals surface area contributed by atoms with Crippen LogP contribution in [0.3, 0.4) is 0 Å². The van der Waals surface area contributed by atoms with E-state index in [1.54, 1.807) is 10.7 Å². The number of nitrogens with two attached hydrogens (primary N) is 1. The van der Waals surface area contributed by atoms with Gasteiger partial charge in [0.1, 0.15) is 0 Å². The Bertz CT molecular complexity index is 923. The number of carbonyl (C=O) groups excluding carboxylic acids is 2. The number of anilines is 2. The highest BCUT2D eigenvalue weighted by atomic mass is 16.2. The minimum Gasteiger partial charge on any atom is -0.379 e. The molecule has 0 bridgehead atoms. The second-order valence-electron chi connectivity index (χ2n) is 9.56. The van der Waals surface area contributed by atoms with Crippen LogP contribution in [0.4, 0.5) is 11.4 Å². The van der Waals surface area contributed by atoms with Gasteiger partial charge in [0.15, 0.2) is 0 Å². The molecular weight excluding hydrogens is 354 g/mol. The maximum absolute atomic E-state index is 12.3. The SMILES string of the molecule is CC1CCC(Nc2c(C(N)=O)cnn3cc(NC(=O)C(C)(C)C)cc23)C1(C)C. The Morgan fingerprint density at radius 2 is 1.96 bits per heavy atom. The lowest BCUT2D eigenvalue weighted by molar-refractivity contribution is -0.123. The Labute approximate surface area is 166 Å². The summed E-state index contributed by atoms with van der Waals surface area (Å²) in [6, 6.07) is 2.05. The number of nitrogens with zero attached hydrogens (tertiary/aromatic N) is 2. The first-order chi connectivity index (χ1) is 12.9. The predicted octanol–water partition coefficient (Wildman–Crippen LogP) is 3.65. The van der Waals surface area contributed by atoms with Gasteiger partial charge in [-0.05, 0) is 30.2 Å². The number of aromatic nitrogens is 2. The fourth-order valence-electron chi connectivity index (χ4n) is 3.72. The number of primary amides is 1. The second kappa shape index (κ2) is 6.79. The minimum atomic E-state index is -0.525. The summed E-state index contributed by atoms with van der Waals surface area (Å²) in [6.07, 6.45) is 5.39. The van der Waals surface area contributed by atoms with E-state index in [0.717, 1.165) is 18.4 Å². The number of hydrogen-bond donors (Lipinski definition) is 3. The first-order valence-corrected chi connectivity index (χ1v) is 9.80. The van der Waals surface area contributed by atoms with Crippen LogP contribution in [-0.4, -0.2) is 27.5 Å². The second-order valence-corrected chi connectivity index (χ2v) is 9.56. The zero-order chi connectivity index (χ0) is 20.9. The van der Waals surface area contributed by atoms with Crippen LogP contribution in [0.2, 0.25) is 0 Å². The summed E-state index contributed by atoms with van der Waals surface area (Å²) < 4.78 is 1.67. The van der Waals surface area contributed by atoms with Crippen LogP contribution in [0.1, 0.15) is 64.7 Å². The molecule has 2 heterocycles. The topological polar surface area (TPSA) is 102 Å². The molecule has 3 rings (SSSR count).